The van der Waals surface area contributed by atoms with Crippen molar-refractivity contribution in [3.8, 4) is 0 Å². The van der Waals surface area contributed by atoms with Gasteiger partial charge in [-0.2, -0.15) is 0 Å². The van der Waals surface area contributed by atoms with Crippen molar-refractivity contribution in [1.82, 2.24) is 15.2 Å². The summed E-state index contributed by atoms with van der Waals surface area (Å²) < 4.78 is 1.91. The van der Waals surface area contributed by atoms with Gasteiger partial charge in [-0.25, -0.2) is 0 Å². The van der Waals surface area contributed by atoms with E-state index in [1.807, 2.05) is 22.8 Å². The lowest BCUT2D eigenvalue weighted by atomic mass is 9.83. The first-order valence-electron chi connectivity index (χ1n) is 11.4. The maximum Gasteiger partial charge on any atom is 0.252 e. The van der Waals surface area contributed by atoms with Crippen molar-refractivity contribution in [3.63, 3.8) is 0 Å². The van der Waals surface area contributed by atoms with Gasteiger partial charge in [-0.3, -0.25) is 14.4 Å². The number of nitrogen functional groups attached to an aromatic ring is 1. The quantitative estimate of drug-likeness (QED) is 0.633. The van der Waals surface area contributed by atoms with Crippen LogP contribution in [0.4, 0.5) is 11.4 Å². The summed E-state index contributed by atoms with van der Waals surface area (Å²) in [5, 5.41) is 5.69. The number of nitrogens with two attached hydrogens (primary N) is 1. The first-order valence-corrected chi connectivity index (χ1v) is 11.4. The molecule has 3 aliphatic heterocycles. The number of aromatic nitrogens is 1. The number of benzene rings is 1. The fraction of sp³-hybridized carbons (Fsp3) is 0.458. The Morgan fingerprint density at radius 2 is 1.97 bits per heavy atom. The number of carbonyl (C=O) groups is 2. The lowest BCUT2D eigenvalue weighted by Gasteiger charge is -2.44. The summed E-state index contributed by atoms with van der Waals surface area (Å²) in [6.07, 6.45) is 3.55. The molecule has 32 heavy (non-hydrogen) atoms. The zero-order valence-electron chi connectivity index (χ0n) is 18.0. The SMILES string of the molecule is Nc1cc(C(=O)NC2CCCCNC2=O)ccc1N1CC2CC(C1)c1cccc(=O)n1C2. The van der Waals surface area contributed by atoms with Crippen molar-refractivity contribution in [2.75, 3.05) is 30.3 Å². The molecule has 2 amide bonds. The summed E-state index contributed by atoms with van der Waals surface area (Å²) in [5.41, 5.74) is 9.47. The highest BCUT2D eigenvalue weighted by Crippen LogP contribution is 2.38. The van der Waals surface area contributed by atoms with E-state index in [-0.39, 0.29) is 23.3 Å². The molecule has 3 atom stereocenters. The molecule has 8 heteroatoms. The number of hydrogen-bond donors (Lipinski definition) is 3. The minimum absolute atomic E-state index is 0.0721. The van der Waals surface area contributed by atoms with E-state index in [1.54, 1.807) is 18.2 Å². The molecule has 4 N–H and O–H groups in total. The molecular formula is C24H29N5O3. The molecule has 4 heterocycles. The van der Waals surface area contributed by atoms with E-state index in [4.69, 9.17) is 5.73 Å². The molecule has 2 bridgehead atoms. The summed E-state index contributed by atoms with van der Waals surface area (Å²) in [7, 11) is 0. The molecule has 1 aromatic heterocycles. The van der Waals surface area contributed by atoms with Gasteiger partial charge in [0.2, 0.25) is 5.91 Å². The van der Waals surface area contributed by atoms with Crippen LogP contribution in [-0.2, 0) is 11.3 Å². The lowest BCUT2D eigenvalue weighted by molar-refractivity contribution is -0.122. The number of fused-ring (bicyclic) bond motifs is 4. The largest absolute Gasteiger partial charge is 0.397 e. The smallest absolute Gasteiger partial charge is 0.252 e. The molecule has 5 rings (SSSR count). The van der Waals surface area contributed by atoms with Gasteiger partial charge in [0.25, 0.3) is 11.5 Å². The third kappa shape index (κ3) is 3.85. The van der Waals surface area contributed by atoms with Crippen LogP contribution >= 0.6 is 0 Å². The molecule has 3 unspecified atom stereocenters. The molecule has 0 spiro atoms. The molecule has 0 radical (unpaired) electrons. The summed E-state index contributed by atoms with van der Waals surface area (Å²) in [4.78, 5) is 39.4. The van der Waals surface area contributed by atoms with Gasteiger partial charge in [0.1, 0.15) is 6.04 Å². The van der Waals surface area contributed by atoms with Crippen LogP contribution in [0.5, 0.6) is 0 Å². The monoisotopic (exact) mass is 435 g/mol. The summed E-state index contributed by atoms with van der Waals surface area (Å²) in [6, 6.07) is 10.4. The van der Waals surface area contributed by atoms with Crippen LogP contribution < -0.4 is 26.8 Å². The number of nitrogens with zero attached hydrogens (tertiary/aromatic N) is 2. The molecule has 8 nitrogen and oxygen atoms in total. The highest BCUT2D eigenvalue weighted by molar-refractivity contribution is 5.99. The number of carbonyl (C=O) groups excluding carboxylic acids is 2. The Hall–Kier alpha value is -3.29. The maximum atomic E-state index is 12.7. The van der Waals surface area contributed by atoms with Gasteiger partial charge in [-0.1, -0.05) is 6.07 Å². The van der Waals surface area contributed by atoms with Crippen LogP contribution in [0.3, 0.4) is 0 Å². The predicted molar refractivity (Wildman–Crippen MR) is 123 cm³/mol. The molecule has 0 aliphatic carbocycles. The zero-order valence-corrected chi connectivity index (χ0v) is 18.0. The van der Waals surface area contributed by atoms with Gasteiger partial charge >= 0.3 is 0 Å². The third-order valence-electron chi connectivity index (χ3n) is 6.95. The average molecular weight is 436 g/mol. The van der Waals surface area contributed by atoms with Crippen molar-refractivity contribution in [1.29, 1.82) is 0 Å². The van der Waals surface area contributed by atoms with E-state index in [0.29, 0.717) is 30.1 Å². The van der Waals surface area contributed by atoms with Crippen molar-refractivity contribution >= 4 is 23.2 Å². The Kier molecular flexibility index (Phi) is 5.36. The fourth-order valence-corrected chi connectivity index (χ4v) is 5.40. The van der Waals surface area contributed by atoms with Gasteiger partial charge in [-0.05, 0) is 55.9 Å². The number of rotatable bonds is 3. The summed E-state index contributed by atoms with van der Waals surface area (Å²) >= 11 is 0. The molecule has 1 aromatic carbocycles. The van der Waals surface area contributed by atoms with Crippen LogP contribution in [0, 0.1) is 5.92 Å². The van der Waals surface area contributed by atoms with Gasteiger partial charge in [0, 0.05) is 49.4 Å². The number of pyridine rings is 1. The second kappa shape index (κ2) is 8.33. The number of piperidine rings is 1. The summed E-state index contributed by atoms with van der Waals surface area (Å²) in [5.74, 6) is 0.263. The fourth-order valence-electron chi connectivity index (χ4n) is 5.40. The molecule has 0 saturated carbocycles. The topological polar surface area (TPSA) is 109 Å². The standard InChI is InChI=1S/C24H29N5O3/c25-18-11-16(23(31)27-19-4-1-2-9-26-24(19)32)7-8-21(18)28-12-15-10-17(14-28)20-5-3-6-22(30)29(20)13-15/h3,5-8,11,15,17,19H,1-2,4,9-10,12-14,25H2,(H,26,32)(H,27,31). The lowest BCUT2D eigenvalue weighted by Crippen LogP contribution is -2.47. The minimum atomic E-state index is -0.504. The Morgan fingerprint density at radius 3 is 2.81 bits per heavy atom. The van der Waals surface area contributed by atoms with Crippen LogP contribution in [0.2, 0.25) is 0 Å². The van der Waals surface area contributed by atoms with Crippen LogP contribution in [0.25, 0.3) is 0 Å². The van der Waals surface area contributed by atoms with Gasteiger partial charge in [0.05, 0.1) is 11.4 Å². The number of amides is 2. The molecule has 168 valence electrons. The van der Waals surface area contributed by atoms with Crippen molar-refractivity contribution in [2.24, 2.45) is 5.92 Å². The van der Waals surface area contributed by atoms with Gasteiger partial charge < -0.3 is 25.8 Å². The Bertz CT molecular complexity index is 1110. The third-order valence-corrected chi connectivity index (χ3v) is 6.95. The molecule has 2 aromatic rings. The van der Waals surface area contributed by atoms with Gasteiger partial charge in [0.15, 0.2) is 0 Å². The van der Waals surface area contributed by atoms with Crippen molar-refractivity contribution < 1.29 is 9.59 Å². The first kappa shape index (κ1) is 20.6. The Labute approximate surface area is 186 Å². The second-order valence-corrected chi connectivity index (χ2v) is 9.19. The zero-order chi connectivity index (χ0) is 22.2. The number of anilines is 2. The first-order chi connectivity index (χ1) is 15.5. The van der Waals surface area contributed by atoms with E-state index in [1.165, 1.54) is 0 Å². The normalized spacial score (nSPS) is 24.8. The van der Waals surface area contributed by atoms with Crippen molar-refractivity contribution in [2.45, 2.75) is 44.2 Å². The number of hydrogen-bond acceptors (Lipinski definition) is 5. The Morgan fingerprint density at radius 1 is 1.09 bits per heavy atom. The second-order valence-electron chi connectivity index (χ2n) is 9.19. The molecule has 3 aliphatic rings. The van der Waals surface area contributed by atoms with Crippen molar-refractivity contribution in [3.05, 3.63) is 58.0 Å². The summed E-state index contributed by atoms with van der Waals surface area (Å²) in [6.45, 7) is 3.00. The molecule has 2 fully saturated rings. The minimum Gasteiger partial charge on any atom is -0.397 e. The Balaban J connectivity index is 1.32. The molecular weight excluding hydrogens is 406 g/mol. The predicted octanol–water partition coefficient (Wildman–Crippen LogP) is 1.45. The van der Waals surface area contributed by atoms with E-state index >= 15 is 0 Å². The van der Waals surface area contributed by atoms with E-state index in [0.717, 1.165) is 50.3 Å². The maximum absolute atomic E-state index is 12.7. The number of nitrogens with one attached hydrogen (secondary N) is 2. The van der Waals surface area contributed by atoms with Gasteiger partial charge in [-0.15, -0.1) is 0 Å². The van der Waals surface area contributed by atoms with Crippen LogP contribution in [-0.4, -0.2) is 42.1 Å². The van der Waals surface area contributed by atoms with Crippen LogP contribution in [0.1, 0.15) is 47.7 Å². The van der Waals surface area contributed by atoms with Crippen LogP contribution in [0.15, 0.2) is 41.2 Å². The highest BCUT2D eigenvalue weighted by atomic mass is 16.2. The van der Waals surface area contributed by atoms with E-state index < -0.39 is 6.04 Å². The van der Waals surface area contributed by atoms with E-state index in [2.05, 4.69) is 15.5 Å². The van der Waals surface area contributed by atoms with E-state index in [9.17, 15) is 14.4 Å². The average Bonchev–Trinajstić information content (AvgIpc) is 2.98. The highest BCUT2D eigenvalue weighted by Gasteiger charge is 2.35. The molecule has 2 saturated heterocycles.